The predicted octanol–water partition coefficient (Wildman–Crippen LogP) is 2.28. The second-order valence-electron chi connectivity index (χ2n) is 4.46. The Hall–Kier alpha value is -1.12. The van der Waals surface area contributed by atoms with Gasteiger partial charge in [-0.15, -0.1) is 0 Å². The van der Waals surface area contributed by atoms with Crippen molar-refractivity contribution >= 4 is 10.0 Å². The molecule has 20 heavy (non-hydrogen) atoms. The van der Waals surface area contributed by atoms with Crippen molar-refractivity contribution in [1.29, 1.82) is 0 Å². The lowest BCUT2D eigenvalue weighted by Gasteiger charge is -2.19. The lowest BCUT2D eigenvalue weighted by molar-refractivity contribution is -0.134. The first kappa shape index (κ1) is 16.9. The fourth-order valence-corrected chi connectivity index (χ4v) is 2.87. The molecule has 0 radical (unpaired) electrons. The van der Waals surface area contributed by atoms with Gasteiger partial charge in [0.15, 0.2) is 0 Å². The molecule has 0 saturated carbocycles. The molecule has 1 unspecified atom stereocenters. The summed E-state index contributed by atoms with van der Waals surface area (Å²) in [5.41, 5.74) is 6.37. The number of benzene rings is 1. The normalized spacial score (nSPS) is 14.6. The molecule has 0 bridgehead atoms. The molecule has 0 heterocycles. The maximum Gasteiger partial charge on any atom is 0.402 e. The molecular formula is C12H17F3N2O2S. The lowest BCUT2D eigenvalue weighted by atomic mass is 10.1. The van der Waals surface area contributed by atoms with E-state index in [1.807, 2.05) is 6.92 Å². The minimum Gasteiger partial charge on any atom is -0.324 e. The standard InChI is InChI=1S/C12H17F3N2O2S/c1-3-11(16)9-5-4-6-10(7-9)20(18,19)17(2)8-12(13,14)15/h4-7,11H,3,8,16H2,1-2H3. The molecule has 1 aromatic rings. The fourth-order valence-electron chi connectivity index (χ4n) is 1.66. The first-order chi connectivity index (χ1) is 9.08. The molecule has 0 amide bonds. The summed E-state index contributed by atoms with van der Waals surface area (Å²) in [6.07, 6.45) is -3.98. The molecule has 1 rings (SSSR count). The monoisotopic (exact) mass is 310 g/mol. The van der Waals surface area contributed by atoms with Gasteiger partial charge in [-0.3, -0.25) is 0 Å². The number of nitrogens with zero attached hydrogens (tertiary/aromatic N) is 1. The van der Waals surface area contributed by atoms with Crippen LogP contribution >= 0.6 is 0 Å². The van der Waals surface area contributed by atoms with E-state index in [1.54, 1.807) is 6.07 Å². The van der Waals surface area contributed by atoms with Gasteiger partial charge < -0.3 is 5.73 Å². The minimum atomic E-state index is -4.58. The largest absolute Gasteiger partial charge is 0.402 e. The molecular weight excluding hydrogens is 293 g/mol. The summed E-state index contributed by atoms with van der Waals surface area (Å²) in [7, 11) is -3.28. The molecule has 8 heteroatoms. The molecule has 1 atom stereocenters. The Kier molecular flexibility index (Phi) is 5.17. The molecule has 0 saturated heterocycles. The average Bonchev–Trinajstić information content (AvgIpc) is 2.36. The molecule has 0 spiro atoms. The Morgan fingerprint density at radius 2 is 1.95 bits per heavy atom. The minimum absolute atomic E-state index is 0.189. The smallest absolute Gasteiger partial charge is 0.324 e. The second-order valence-corrected chi connectivity index (χ2v) is 6.51. The van der Waals surface area contributed by atoms with E-state index < -0.39 is 22.7 Å². The number of alkyl halides is 3. The van der Waals surface area contributed by atoms with Gasteiger partial charge in [-0.25, -0.2) is 8.42 Å². The topological polar surface area (TPSA) is 63.4 Å². The van der Waals surface area contributed by atoms with Gasteiger partial charge >= 0.3 is 6.18 Å². The predicted molar refractivity (Wildman–Crippen MR) is 69.5 cm³/mol. The zero-order chi connectivity index (χ0) is 15.6. The van der Waals surface area contributed by atoms with Crippen molar-refractivity contribution in [3.63, 3.8) is 0 Å². The van der Waals surface area contributed by atoms with E-state index in [1.165, 1.54) is 18.2 Å². The zero-order valence-electron chi connectivity index (χ0n) is 11.2. The van der Waals surface area contributed by atoms with E-state index in [0.717, 1.165) is 7.05 Å². The summed E-state index contributed by atoms with van der Waals surface area (Å²) in [6, 6.07) is 5.35. The van der Waals surface area contributed by atoms with Gasteiger partial charge in [-0.2, -0.15) is 17.5 Å². The van der Waals surface area contributed by atoms with Crippen LogP contribution in [0.15, 0.2) is 29.2 Å². The van der Waals surface area contributed by atoms with Gasteiger partial charge in [0.1, 0.15) is 6.54 Å². The Bertz CT molecular complexity index is 558. The highest BCUT2D eigenvalue weighted by Gasteiger charge is 2.34. The molecule has 2 N–H and O–H groups in total. The third-order valence-corrected chi connectivity index (χ3v) is 4.64. The van der Waals surface area contributed by atoms with Crippen molar-refractivity contribution in [2.45, 2.75) is 30.5 Å². The first-order valence-corrected chi connectivity index (χ1v) is 7.40. The Balaban J connectivity index is 3.10. The lowest BCUT2D eigenvalue weighted by Crippen LogP contribution is -2.35. The Morgan fingerprint density at radius 1 is 1.35 bits per heavy atom. The Morgan fingerprint density at radius 3 is 2.45 bits per heavy atom. The van der Waals surface area contributed by atoms with Crippen LogP contribution in [-0.2, 0) is 10.0 Å². The van der Waals surface area contributed by atoms with E-state index in [9.17, 15) is 21.6 Å². The van der Waals surface area contributed by atoms with E-state index in [-0.39, 0.29) is 15.2 Å². The summed E-state index contributed by atoms with van der Waals surface area (Å²) in [6.45, 7) is 0.307. The van der Waals surface area contributed by atoms with Crippen LogP contribution in [0.4, 0.5) is 13.2 Å². The van der Waals surface area contributed by atoms with Crippen LogP contribution < -0.4 is 5.73 Å². The average molecular weight is 310 g/mol. The van der Waals surface area contributed by atoms with Crippen molar-refractivity contribution in [2.24, 2.45) is 5.73 Å². The molecule has 4 nitrogen and oxygen atoms in total. The highest BCUT2D eigenvalue weighted by Crippen LogP contribution is 2.23. The summed E-state index contributed by atoms with van der Waals surface area (Å²) in [4.78, 5) is -0.189. The number of rotatable bonds is 5. The van der Waals surface area contributed by atoms with Crippen molar-refractivity contribution in [3.05, 3.63) is 29.8 Å². The summed E-state index contributed by atoms with van der Waals surface area (Å²) >= 11 is 0. The van der Waals surface area contributed by atoms with Crippen molar-refractivity contribution in [3.8, 4) is 0 Å². The van der Waals surface area contributed by atoms with Gasteiger partial charge in [-0.1, -0.05) is 19.1 Å². The van der Waals surface area contributed by atoms with Crippen molar-refractivity contribution < 1.29 is 21.6 Å². The van der Waals surface area contributed by atoms with Gasteiger partial charge in [0.2, 0.25) is 10.0 Å². The Labute approximate surface area is 116 Å². The quantitative estimate of drug-likeness (QED) is 0.907. The van der Waals surface area contributed by atoms with Crippen LogP contribution in [0.1, 0.15) is 24.9 Å². The van der Waals surface area contributed by atoms with Gasteiger partial charge in [0, 0.05) is 13.1 Å². The molecule has 0 aliphatic carbocycles. The van der Waals surface area contributed by atoms with E-state index in [2.05, 4.69) is 0 Å². The number of sulfonamides is 1. The molecule has 1 aromatic carbocycles. The van der Waals surface area contributed by atoms with Crippen LogP contribution in [0, 0.1) is 0 Å². The summed E-state index contributed by atoms with van der Waals surface area (Å²) in [5.74, 6) is 0. The van der Waals surface area contributed by atoms with Crippen molar-refractivity contribution in [2.75, 3.05) is 13.6 Å². The van der Waals surface area contributed by atoms with Crippen LogP contribution in [0.5, 0.6) is 0 Å². The van der Waals surface area contributed by atoms with Gasteiger partial charge in [0.25, 0.3) is 0 Å². The highest BCUT2D eigenvalue weighted by atomic mass is 32.2. The van der Waals surface area contributed by atoms with E-state index in [0.29, 0.717) is 12.0 Å². The number of halogens is 3. The molecule has 0 aliphatic heterocycles. The fraction of sp³-hybridized carbons (Fsp3) is 0.500. The SMILES string of the molecule is CCC(N)c1cccc(S(=O)(=O)N(C)CC(F)(F)F)c1. The van der Waals surface area contributed by atoms with Crippen LogP contribution in [0.2, 0.25) is 0 Å². The maximum absolute atomic E-state index is 12.3. The first-order valence-electron chi connectivity index (χ1n) is 5.96. The maximum atomic E-state index is 12.3. The second kappa shape index (κ2) is 6.11. The van der Waals surface area contributed by atoms with Crippen LogP contribution in [-0.4, -0.2) is 32.5 Å². The van der Waals surface area contributed by atoms with Crippen molar-refractivity contribution in [1.82, 2.24) is 4.31 Å². The zero-order valence-corrected chi connectivity index (χ0v) is 12.0. The summed E-state index contributed by atoms with van der Waals surface area (Å²) < 4.78 is 61.3. The molecule has 0 fully saturated rings. The van der Waals surface area contributed by atoms with Crippen LogP contribution in [0.25, 0.3) is 0 Å². The molecule has 0 aliphatic rings. The number of hydrogen-bond donors (Lipinski definition) is 1. The van der Waals surface area contributed by atoms with Gasteiger partial charge in [-0.05, 0) is 24.1 Å². The molecule has 114 valence electrons. The third kappa shape index (κ3) is 4.19. The number of nitrogens with two attached hydrogens (primary N) is 1. The molecule has 0 aromatic heterocycles. The number of hydrogen-bond acceptors (Lipinski definition) is 3. The summed E-state index contributed by atoms with van der Waals surface area (Å²) in [5, 5.41) is 0. The van der Waals surface area contributed by atoms with E-state index in [4.69, 9.17) is 5.73 Å². The van der Waals surface area contributed by atoms with Crippen LogP contribution in [0.3, 0.4) is 0 Å². The van der Waals surface area contributed by atoms with Gasteiger partial charge in [0.05, 0.1) is 4.90 Å². The van der Waals surface area contributed by atoms with E-state index >= 15 is 0 Å². The highest BCUT2D eigenvalue weighted by molar-refractivity contribution is 7.89. The third-order valence-electron chi connectivity index (χ3n) is 2.84.